The van der Waals surface area contributed by atoms with Crippen LogP contribution in [0.1, 0.15) is 22.5 Å². The summed E-state index contributed by atoms with van der Waals surface area (Å²) in [4.78, 5) is 22.7. The molecule has 1 aromatic heterocycles. The minimum Gasteiger partial charge on any atom is -0.267 e. The first-order valence-electron chi connectivity index (χ1n) is 11.2. The Hall–Kier alpha value is -4.90. The van der Waals surface area contributed by atoms with Crippen molar-refractivity contribution in [2.24, 2.45) is 10.1 Å². The molecule has 1 heterocycles. The lowest BCUT2D eigenvalue weighted by atomic mass is 10.2. The quantitative estimate of drug-likeness (QED) is 0.287. The summed E-state index contributed by atoms with van der Waals surface area (Å²) in [6.07, 6.45) is 7.17. The molecule has 0 aliphatic heterocycles. The van der Waals surface area contributed by atoms with Crippen LogP contribution in [0.4, 0.5) is 5.69 Å². The normalized spacial score (nSPS) is 11.8. The number of aromatic nitrogens is 2. The zero-order valence-corrected chi connectivity index (χ0v) is 18.9. The summed E-state index contributed by atoms with van der Waals surface area (Å²) in [5.74, 6) is 0.433. The van der Waals surface area contributed by atoms with Crippen LogP contribution in [0, 0.1) is 0 Å². The van der Waals surface area contributed by atoms with Gasteiger partial charge in [0.15, 0.2) is 5.82 Å². The van der Waals surface area contributed by atoms with Crippen LogP contribution in [0.15, 0.2) is 124 Å². The number of benzene rings is 4. The monoisotopic (exact) mass is 454 g/mol. The SMILES string of the molecule is O=c1c2ccc(N=Cc3ccccc3)cc2nc(/C=C/c2ccccc2)n1/N=C\c1ccccc1. The summed E-state index contributed by atoms with van der Waals surface area (Å²) in [5.41, 5.74) is 3.93. The minimum atomic E-state index is -0.242. The van der Waals surface area contributed by atoms with Crippen molar-refractivity contribution >= 4 is 41.2 Å². The molecule has 0 aliphatic rings. The topological polar surface area (TPSA) is 59.6 Å². The lowest BCUT2D eigenvalue weighted by Crippen LogP contribution is -2.20. The highest BCUT2D eigenvalue weighted by molar-refractivity contribution is 5.86. The van der Waals surface area contributed by atoms with Crippen molar-refractivity contribution in [2.45, 2.75) is 0 Å². The standard InChI is InChI=1S/C30H22N4O/c35-30-27-18-17-26(31-21-24-12-6-2-7-13-24)20-28(27)33-29(19-16-23-10-4-1-5-11-23)34(30)32-22-25-14-8-3-9-15-25/h1-22H/b19-16+,31-21?,32-22-. The number of rotatable bonds is 6. The Labute approximate surface area is 203 Å². The number of aliphatic imine (C=N–C) groups is 1. The molecule has 35 heavy (non-hydrogen) atoms. The number of nitrogens with zero attached hydrogens (tertiary/aromatic N) is 4. The smallest absolute Gasteiger partial charge is 0.267 e. The van der Waals surface area contributed by atoms with Crippen LogP contribution in [0.5, 0.6) is 0 Å². The van der Waals surface area contributed by atoms with E-state index in [0.717, 1.165) is 22.4 Å². The fraction of sp³-hybridized carbons (Fsp3) is 0. The van der Waals surface area contributed by atoms with Crippen molar-refractivity contribution in [1.82, 2.24) is 9.66 Å². The van der Waals surface area contributed by atoms with E-state index in [9.17, 15) is 4.79 Å². The maximum absolute atomic E-state index is 13.4. The number of hydrogen-bond donors (Lipinski definition) is 0. The van der Waals surface area contributed by atoms with Crippen LogP contribution in [-0.4, -0.2) is 22.1 Å². The highest BCUT2D eigenvalue weighted by Gasteiger charge is 2.09. The van der Waals surface area contributed by atoms with Crippen LogP contribution < -0.4 is 5.56 Å². The zero-order valence-electron chi connectivity index (χ0n) is 18.9. The van der Waals surface area contributed by atoms with Crippen molar-refractivity contribution in [3.63, 3.8) is 0 Å². The molecule has 0 amide bonds. The van der Waals surface area contributed by atoms with Gasteiger partial charge >= 0.3 is 0 Å². The number of hydrogen-bond acceptors (Lipinski definition) is 4. The Morgan fingerprint density at radius 3 is 1.91 bits per heavy atom. The van der Waals surface area contributed by atoms with E-state index in [1.165, 1.54) is 4.68 Å². The average molecular weight is 455 g/mol. The summed E-state index contributed by atoms with van der Waals surface area (Å²) >= 11 is 0. The van der Waals surface area contributed by atoms with Gasteiger partial charge in [-0.15, -0.1) is 0 Å². The Morgan fingerprint density at radius 1 is 0.657 bits per heavy atom. The van der Waals surface area contributed by atoms with Gasteiger partial charge in [-0.1, -0.05) is 97.1 Å². The molecule has 0 saturated carbocycles. The van der Waals surface area contributed by atoms with E-state index in [2.05, 4.69) is 10.1 Å². The van der Waals surface area contributed by atoms with Crippen molar-refractivity contribution in [1.29, 1.82) is 0 Å². The number of fused-ring (bicyclic) bond motifs is 1. The second-order valence-corrected chi connectivity index (χ2v) is 7.86. The fourth-order valence-corrected chi connectivity index (χ4v) is 3.57. The summed E-state index contributed by atoms with van der Waals surface area (Å²) in [5, 5.41) is 4.95. The van der Waals surface area contributed by atoms with Gasteiger partial charge in [0.05, 0.1) is 22.8 Å². The average Bonchev–Trinajstić information content (AvgIpc) is 2.92. The van der Waals surface area contributed by atoms with Gasteiger partial charge < -0.3 is 0 Å². The molecule has 0 unspecified atom stereocenters. The first kappa shape index (κ1) is 21.9. The molecule has 5 aromatic rings. The molecule has 0 saturated heterocycles. The molecule has 168 valence electrons. The second kappa shape index (κ2) is 10.4. The van der Waals surface area contributed by atoms with Crippen molar-refractivity contribution < 1.29 is 0 Å². The predicted molar refractivity (Wildman–Crippen MR) is 145 cm³/mol. The van der Waals surface area contributed by atoms with E-state index in [1.54, 1.807) is 24.6 Å². The molecule has 0 radical (unpaired) electrons. The first-order chi connectivity index (χ1) is 17.3. The van der Waals surface area contributed by atoms with Gasteiger partial charge in [-0.25, -0.2) is 4.98 Å². The van der Waals surface area contributed by atoms with Gasteiger partial charge in [-0.3, -0.25) is 9.79 Å². The van der Waals surface area contributed by atoms with E-state index < -0.39 is 0 Å². The molecule has 0 bridgehead atoms. The highest BCUT2D eigenvalue weighted by Crippen LogP contribution is 2.19. The van der Waals surface area contributed by atoms with Crippen LogP contribution >= 0.6 is 0 Å². The maximum Gasteiger partial charge on any atom is 0.282 e. The molecular formula is C30H22N4O. The van der Waals surface area contributed by atoms with E-state index >= 15 is 0 Å². The third-order valence-corrected chi connectivity index (χ3v) is 5.36. The molecule has 0 aliphatic carbocycles. The van der Waals surface area contributed by atoms with E-state index in [1.807, 2.05) is 109 Å². The van der Waals surface area contributed by atoms with E-state index in [4.69, 9.17) is 4.98 Å². The van der Waals surface area contributed by atoms with Gasteiger partial charge in [0.25, 0.3) is 5.56 Å². The maximum atomic E-state index is 13.4. The van der Waals surface area contributed by atoms with Gasteiger partial charge in [0, 0.05) is 6.21 Å². The van der Waals surface area contributed by atoms with Crippen molar-refractivity contribution in [2.75, 3.05) is 0 Å². The molecule has 5 heteroatoms. The Morgan fingerprint density at radius 2 is 1.26 bits per heavy atom. The molecule has 0 atom stereocenters. The summed E-state index contributed by atoms with van der Waals surface area (Å²) in [6.45, 7) is 0. The third-order valence-electron chi connectivity index (χ3n) is 5.36. The molecule has 5 rings (SSSR count). The van der Waals surface area contributed by atoms with Crippen molar-refractivity contribution in [3.05, 3.63) is 142 Å². The van der Waals surface area contributed by atoms with Gasteiger partial charge in [-0.05, 0) is 41.0 Å². The summed E-state index contributed by atoms with van der Waals surface area (Å²) in [7, 11) is 0. The summed E-state index contributed by atoms with van der Waals surface area (Å²) < 4.78 is 1.34. The Balaban J connectivity index is 1.59. The zero-order chi connectivity index (χ0) is 23.9. The third kappa shape index (κ3) is 5.37. The Bertz CT molecular complexity index is 1590. The van der Waals surface area contributed by atoms with Gasteiger partial charge in [-0.2, -0.15) is 9.78 Å². The fourth-order valence-electron chi connectivity index (χ4n) is 3.57. The Kier molecular flexibility index (Phi) is 6.49. The molecular weight excluding hydrogens is 432 g/mol. The largest absolute Gasteiger partial charge is 0.282 e. The highest BCUT2D eigenvalue weighted by atomic mass is 16.1. The van der Waals surface area contributed by atoms with Crippen molar-refractivity contribution in [3.8, 4) is 0 Å². The second-order valence-electron chi connectivity index (χ2n) is 7.86. The predicted octanol–water partition coefficient (Wildman–Crippen LogP) is 6.20. The molecule has 0 N–H and O–H groups in total. The lowest BCUT2D eigenvalue weighted by molar-refractivity contribution is 0.804. The van der Waals surface area contributed by atoms with E-state index in [-0.39, 0.29) is 5.56 Å². The van der Waals surface area contributed by atoms with Gasteiger partial charge in [0.2, 0.25) is 0 Å². The van der Waals surface area contributed by atoms with Crippen LogP contribution in [0.2, 0.25) is 0 Å². The lowest BCUT2D eigenvalue weighted by Gasteiger charge is -2.07. The molecule has 5 nitrogen and oxygen atoms in total. The van der Waals surface area contributed by atoms with Crippen LogP contribution in [-0.2, 0) is 0 Å². The van der Waals surface area contributed by atoms with Crippen LogP contribution in [0.25, 0.3) is 23.1 Å². The first-order valence-corrected chi connectivity index (χ1v) is 11.2. The van der Waals surface area contributed by atoms with Crippen LogP contribution in [0.3, 0.4) is 0 Å². The minimum absolute atomic E-state index is 0.242. The summed E-state index contributed by atoms with van der Waals surface area (Å²) in [6, 6.07) is 34.8. The van der Waals surface area contributed by atoms with Gasteiger partial charge in [0.1, 0.15) is 0 Å². The molecule has 0 fully saturated rings. The van der Waals surface area contributed by atoms with E-state index in [0.29, 0.717) is 16.7 Å². The molecule has 0 spiro atoms. The molecule has 4 aromatic carbocycles.